The Labute approximate surface area is 122 Å². The zero-order valence-corrected chi connectivity index (χ0v) is 12.8. The number of sulfonamides is 1. The molecule has 6 heteroatoms. The summed E-state index contributed by atoms with van der Waals surface area (Å²) >= 11 is 6.97. The number of hydrogen-bond donors (Lipinski definition) is 1. The van der Waals surface area contributed by atoms with Crippen molar-refractivity contribution in [3.05, 3.63) is 52.4 Å². The summed E-state index contributed by atoms with van der Waals surface area (Å²) in [5, 5.41) is 0. The van der Waals surface area contributed by atoms with Crippen LogP contribution in [0.1, 0.15) is 16.0 Å². The Morgan fingerprint density at radius 3 is 2.26 bits per heavy atom. The maximum absolute atomic E-state index is 12.0. The highest BCUT2D eigenvalue weighted by Crippen LogP contribution is 2.20. The van der Waals surface area contributed by atoms with Crippen LogP contribution in [-0.2, 0) is 22.4 Å². The fraction of sp³-hybridized carbons (Fsp3) is 0.231. The number of halogens is 1. The molecule has 0 aliphatic heterocycles. The van der Waals surface area contributed by atoms with Crippen molar-refractivity contribution in [2.75, 3.05) is 0 Å². The predicted molar refractivity (Wildman–Crippen MR) is 79.1 cm³/mol. The van der Waals surface area contributed by atoms with E-state index in [1.54, 1.807) is 12.1 Å². The van der Waals surface area contributed by atoms with Crippen molar-refractivity contribution in [3.8, 4) is 0 Å². The Kier molecular flexibility index (Phi) is 4.62. The average Bonchev–Trinajstić information content (AvgIpc) is 2.85. The molecule has 2 aromatic rings. The third kappa shape index (κ3) is 3.79. The predicted octanol–water partition coefficient (Wildman–Crippen LogP) is 3.27. The number of hydrogen-bond acceptors (Lipinski definition) is 3. The molecule has 102 valence electrons. The molecule has 0 bridgehead atoms. The van der Waals surface area contributed by atoms with Crippen molar-refractivity contribution >= 4 is 33.0 Å². The van der Waals surface area contributed by atoms with Gasteiger partial charge in [-0.15, -0.1) is 22.9 Å². The number of aryl methyl sites for hydroxylation is 1. The van der Waals surface area contributed by atoms with E-state index in [0.29, 0.717) is 10.1 Å². The molecule has 0 atom stereocenters. The molecule has 0 spiro atoms. The monoisotopic (exact) mass is 315 g/mol. The third-order valence-electron chi connectivity index (χ3n) is 2.62. The highest BCUT2D eigenvalue weighted by molar-refractivity contribution is 7.91. The van der Waals surface area contributed by atoms with Crippen LogP contribution in [0.25, 0.3) is 0 Å². The average molecular weight is 316 g/mol. The maximum Gasteiger partial charge on any atom is 0.250 e. The van der Waals surface area contributed by atoms with Crippen molar-refractivity contribution in [2.24, 2.45) is 0 Å². The van der Waals surface area contributed by atoms with Crippen molar-refractivity contribution in [1.29, 1.82) is 0 Å². The van der Waals surface area contributed by atoms with Gasteiger partial charge in [-0.3, -0.25) is 0 Å². The molecule has 0 saturated carbocycles. The van der Waals surface area contributed by atoms with Crippen LogP contribution in [0.5, 0.6) is 0 Å². The molecule has 0 aliphatic carbocycles. The van der Waals surface area contributed by atoms with Gasteiger partial charge in [0.1, 0.15) is 4.21 Å². The normalized spacial score (nSPS) is 11.7. The first-order valence-corrected chi connectivity index (χ1v) is 8.54. The zero-order valence-electron chi connectivity index (χ0n) is 10.4. The van der Waals surface area contributed by atoms with Gasteiger partial charge in [0.05, 0.1) is 0 Å². The second-order valence-electron chi connectivity index (χ2n) is 4.14. The van der Waals surface area contributed by atoms with Crippen LogP contribution in [0.4, 0.5) is 0 Å². The molecule has 1 aromatic carbocycles. The summed E-state index contributed by atoms with van der Waals surface area (Å²) in [6, 6.07) is 11.0. The minimum Gasteiger partial charge on any atom is -0.206 e. The smallest absolute Gasteiger partial charge is 0.206 e. The molecule has 1 aromatic heterocycles. The second kappa shape index (κ2) is 6.05. The van der Waals surface area contributed by atoms with Gasteiger partial charge < -0.3 is 0 Å². The fourth-order valence-electron chi connectivity index (χ4n) is 1.55. The minimum absolute atomic E-state index is 0.280. The van der Waals surface area contributed by atoms with Gasteiger partial charge in [-0.25, -0.2) is 13.1 Å². The SMILES string of the molecule is Cc1ccc(S(=O)(=O)NCc2ccc(CCl)cc2)s1. The van der Waals surface area contributed by atoms with E-state index in [4.69, 9.17) is 11.6 Å². The van der Waals surface area contributed by atoms with Gasteiger partial charge in [-0.2, -0.15) is 0 Å². The number of benzene rings is 1. The molecule has 2 rings (SSSR count). The molecule has 1 heterocycles. The number of rotatable bonds is 5. The molecular formula is C13H14ClNO2S2. The van der Waals surface area contributed by atoms with E-state index in [1.165, 1.54) is 11.3 Å². The molecule has 0 saturated heterocycles. The van der Waals surface area contributed by atoms with Crippen LogP contribution in [-0.4, -0.2) is 8.42 Å². The standard InChI is InChI=1S/C13H14ClNO2S2/c1-10-2-7-13(18-10)19(16,17)15-9-12-5-3-11(8-14)4-6-12/h2-7,15H,8-9H2,1H3. The first-order valence-electron chi connectivity index (χ1n) is 5.71. The molecule has 19 heavy (non-hydrogen) atoms. The van der Waals surface area contributed by atoms with Crippen LogP contribution in [0.15, 0.2) is 40.6 Å². The number of alkyl halides is 1. The first kappa shape index (κ1) is 14.5. The molecule has 0 amide bonds. The Morgan fingerprint density at radius 1 is 1.11 bits per heavy atom. The van der Waals surface area contributed by atoms with Gasteiger partial charge >= 0.3 is 0 Å². The van der Waals surface area contributed by atoms with Gasteiger partial charge in [0, 0.05) is 17.3 Å². The van der Waals surface area contributed by atoms with Crippen LogP contribution < -0.4 is 4.72 Å². The molecule has 0 aliphatic rings. The quantitative estimate of drug-likeness (QED) is 0.861. The number of nitrogens with one attached hydrogen (secondary N) is 1. The van der Waals surface area contributed by atoms with Crippen molar-refractivity contribution in [3.63, 3.8) is 0 Å². The Morgan fingerprint density at radius 2 is 1.74 bits per heavy atom. The largest absolute Gasteiger partial charge is 0.250 e. The van der Waals surface area contributed by atoms with Gasteiger partial charge in [0.25, 0.3) is 0 Å². The molecule has 3 nitrogen and oxygen atoms in total. The summed E-state index contributed by atoms with van der Waals surface area (Å²) < 4.78 is 27.0. The molecular weight excluding hydrogens is 302 g/mol. The van der Waals surface area contributed by atoms with Gasteiger partial charge in [-0.1, -0.05) is 24.3 Å². The van der Waals surface area contributed by atoms with Crippen LogP contribution in [0, 0.1) is 6.92 Å². The van der Waals surface area contributed by atoms with Crippen LogP contribution in [0.2, 0.25) is 0 Å². The Balaban J connectivity index is 2.05. The van der Waals surface area contributed by atoms with Crippen molar-refractivity contribution in [1.82, 2.24) is 4.72 Å². The summed E-state index contributed by atoms with van der Waals surface area (Å²) in [5.41, 5.74) is 1.92. The van der Waals surface area contributed by atoms with Gasteiger partial charge in [0.2, 0.25) is 10.0 Å². The van der Waals surface area contributed by atoms with E-state index in [-0.39, 0.29) is 6.54 Å². The molecule has 0 fully saturated rings. The van der Waals surface area contributed by atoms with E-state index >= 15 is 0 Å². The fourth-order valence-corrected chi connectivity index (χ4v) is 4.08. The molecule has 1 N–H and O–H groups in total. The van der Waals surface area contributed by atoms with E-state index in [9.17, 15) is 8.42 Å². The van der Waals surface area contributed by atoms with Crippen LogP contribution >= 0.6 is 22.9 Å². The van der Waals surface area contributed by atoms with Gasteiger partial charge in [-0.05, 0) is 30.2 Å². The van der Waals surface area contributed by atoms with E-state index in [2.05, 4.69) is 4.72 Å². The Bertz CT molecular complexity index is 648. The lowest BCUT2D eigenvalue weighted by Gasteiger charge is -2.05. The molecule has 0 unspecified atom stereocenters. The zero-order chi connectivity index (χ0) is 13.9. The van der Waals surface area contributed by atoms with Crippen molar-refractivity contribution < 1.29 is 8.42 Å². The topological polar surface area (TPSA) is 46.2 Å². The Hall–Kier alpha value is -0.880. The summed E-state index contributed by atoms with van der Waals surface area (Å²) in [4.78, 5) is 0.979. The minimum atomic E-state index is -3.41. The second-order valence-corrected chi connectivity index (χ2v) is 7.69. The summed E-state index contributed by atoms with van der Waals surface area (Å²) in [6.45, 7) is 2.16. The summed E-state index contributed by atoms with van der Waals surface area (Å²) in [6.07, 6.45) is 0. The maximum atomic E-state index is 12.0. The lowest BCUT2D eigenvalue weighted by Crippen LogP contribution is -2.22. The highest BCUT2D eigenvalue weighted by Gasteiger charge is 2.15. The first-order chi connectivity index (χ1) is 9.01. The lowest BCUT2D eigenvalue weighted by molar-refractivity contribution is 0.583. The van der Waals surface area contributed by atoms with E-state index in [1.807, 2.05) is 31.2 Å². The summed E-state index contributed by atoms with van der Waals surface area (Å²) in [7, 11) is -3.41. The van der Waals surface area contributed by atoms with Gasteiger partial charge in [0.15, 0.2) is 0 Å². The summed E-state index contributed by atoms with van der Waals surface area (Å²) in [5.74, 6) is 0.459. The molecule has 0 radical (unpaired) electrons. The van der Waals surface area contributed by atoms with Crippen molar-refractivity contribution in [2.45, 2.75) is 23.6 Å². The van der Waals surface area contributed by atoms with E-state index in [0.717, 1.165) is 16.0 Å². The van der Waals surface area contributed by atoms with E-state index < -0.39 is 10.0 Å². The number of thiophene rings is 1. The highest BCUT2D eigenvalue weighted by atomic mass is 35.5. The third-order valence-corrected chi connectivity index (χ3v) is 5.83. The lowest BCUT2D eigenvalue weighted by atomic mass is 10.1. The van der Waals surface area contributed by atoms with Crippen LogP contribution in [0.3, 0.4) is 0 Å².